The largest absolute Gasteiger partial charge is 0.418 e. The van der Waals surface area contributed by atoms with E-state index in [1.54, 1.807) is 24.4 Å². The van der Waals surface area contributed by atoms with Gasteiger partial charge in [-0.15, -0.1) is 0 Å². The molecule has 0 aliphatic rings. The van der Waals surface area contributed by atoms with E-state index in [4.69, 9.17) is 0 Å². The Labute approximate surface area is 174 Å². The lowest BCUT2D eigenvalue weighted by atomic mass is 10.1. The molecule has 0 aliphatic heterocycles. The summed E-state index contributed by atoms with van der Waals surface area (Å²) in [5.41, 5.74) is -1.43. The van der Waals surface area contributed by atoms with Crippen molar-refractivity contribution in [1.82, 2.24) is 14.8 Å². The third-order valence-corrected chi connectivity index (χ3v) is 4.64. The SMILES string of the molecule is Cc1cc(=O)c(C(=O)Nc2cccc3cccnc23)nn1-c1ccccc1C(F)(F)F. The van der Waals surface area contributed by atoms with E-state index in [-0.39, 0.29) is 11.4 Å². The van der Waals surface area contributed by atoms with Crippen molar-refractivity contribution in [3.63, 3.8) is 0 Å². The number of nitrogens with zero attached hydrogens (tertiary/aromatic N) is 3. The molecule has 6 nitrogen and oxygen atoms in total. The van der Waals surface area contributed by atoms with Crippen molar-refractivity contribution in [2.75, 3.05) is 5.32 Å². The van der Waals surface area contributed by atoms with Crippen LogP contribution in [0.1, 0.15) is 21.7 Å². The highest BCUT2D eigenvalue weighted by Crippen LogP contribution is 2.33. The van der Waals surface area contributed by atoms with Crippen molar-refractivity contribution < 1.29 is 18.0 Å². The topological polar surface area (TPSA) is 76.9 Å². The van der Waals surface area contributed by atoms with Gasteiger partial charge in [-0.1, -0.05) is 30.3 Å². The molecule has 4 rings (SSSR count). The summed E-state index contributed by atoms with van der Waals surface area (Å²) in [6, 6.07) is 14.6. The van der Waals surface area contributed by atoms with E-state index in [1.165, 1.54) is 25.1 Å². The minimum absolute atomic E-state index is 0.157. The first-order valence-electron chi connectivity index (χ1n) is 9.18. The average molecular weight is 424 g/mol. The number of fused-ring (bicyclic) bond motifs is 1. The Morgan fingerprint density at radius 2 is 1.77 bits per heavy atom. The lowest BCUT2D eigenvalue weighted by Gasteiger charge is -2.16. The molecule has 1 N–H and O–H groups in total. The van der Waals surface area contributed by atoms with Gasteiger partial charge < -0.3 is 5.32 Å². The predicted molar refractivity (Wildman–Crippen MR) is 109 cm³/mol. The lowest BCUT2D eigenvalue weighted by Crippen LogP contribution is -2.27. The molecular formula is C22H15F3N4O2. The van der Waals surface area contributed by atoms with Crippen LogP contribution in [0.25, 0.3) is 16.6 Å². The van der Waals surface area contributed by atoms with E-state index in [2.05, 4.69) is 15.4 Å². The number of carbonyl (C=O) groups excluding carboxylic acids is 1. The van der Waals surface area contributed by atoms with Crippen LogP contribution in [0.4, 0.5) is 18.9 Å². The van der Waals surface area contributed by atoms with Crippen LogP contribution >= 0.6 is 0 Å². The van der Waals surface area contributed by atoms with Crippen molar-refractivity contribution in [3.05, 3.63) is 94.0 Å². The van der Waals surface area contributed by atoms with E-state index in [9.17, 15) is 22.8 Å². The maximum atomic E-state index is 13.5. The second kappa shape index (κ2) is 7.67. The third kappa shape index (κ3) is 3.89. The van der Waals surface area contributed by atoms with Gasteiger partial charge in [-0.3, -0.25) is 14.6 Å². The van der Waals surface area contributed by atoms with Crippen LogP contribution in [0.2, 0.25) is 0 Å². The summed E-state index contributed by atoms with van der Waals surface area (Å²) in [7, 11) is 0. The monoisotopic (exact) mass is 424 g/mol. The maximum Gasteiger partial charge on any atom is 0.418 e. The molecule has 4 aromatic rings. The lowest BCUT2D eigenvalue weighted by molar-refractivity contribution is -0.137. The van der Waals surface area contributed by atoms with Gasteiger partial charge in [0.15, 0.2) is 5.69 Å². The number of rotatable bonds is 3. The van der Waals surface area contributed by atoms with E-state index in [0.717, 1.165) is 22.2 Å². The van der Waals surface area contributed by atoms with Crippen molar-refractivity contribution in [2.45, 2.75) is 13.1 Å². The number of halogens is 3. The van der Waals surface area contributed by atoms with E-state index >= 15 is 0 Å². The third-order valence-electron chi connectivity index (χ3n) is 4.64. The number of hydrogen-bond acceptors (Lipinski definition) is 4. The Hall–Kier alpha value is -4.01. The molecule has 0 aliphatic carbocycles. The Morgan fingerprint density at radius 3 is 2.55 bits per heavy atom. The first kappa shape index (κ1) is 20.3. The summed E-state index contributed by atoms with van der Waals surface area (Å²) in [4.78, 5) is 29.5. The second-order valence-corrected chi connectivity index (χ2v) is 6.76. The molecule has 0 unspecified atom stereocenters. The number of carbonyl (C=O) groups is 1. The zero-order valence-corrected chi connectivity index (χ0v) is 16.1. The van der Waals surface area contributed by atoms with E-state index in [0.29, 0.717) is 11.2 Å². The summed E-state index contributed by atoms with van der Waals surface area (Å²) in [6.07, 6.45) is -3.08. The molecule has 0 atom stereocenters. The van der Waals surface area contributed by atoms with Crippen LogP contribution in [0.5, 0.6) is 0 Å². The molecule has 2 aromatic carbocycles. The number of alkyl halides is 3. The highest BCUT2D eigenvalue weighted by atomic mass is 19.4. The zero-order valence-electron chi connectivity index (χ0n) is 16.1. The number of para-hydroxylation sites is 2. The Balaban J connectivity index is 1.79. The second-order valence-electron chi connectivity index (χ2n) is 6.76. The molecule has 1 amide bonds. The summed E-state index contributed by atoms with van der Waals surface area (Å²) >= 11 is 0. The number of benzene rings is 2. The fraction of sp³-hybridized carbons (Fsp3) is 0.0909. The number of aromatic nitrogens is 3. The summed E-state index contributed by atoms with van der Waals surface area (Å²) < 4.78 is 41.3. The van der Waals surface area contributed by atoms with Gasteiger partial charge in [0.2, 0.25) is 5.43 Å². The molecule has 0 saturated carbocycles. The number of nitrogens with one attached hydrogen (secondary N) is 1. The van der Waals surface area contributed by atoms with Gasteiger partial charge in [-0.05, 0) is 31.2 Å². The molecular weight excluding hydrogens is 409 g/mol. The molecule has 2 heterocycles. The van der Waals surface area contributed by atoms with Gasteiger partial charge in [0.25, 0.3) is 5.91 Å². The molecule has 0 bridgehead atoms. The Bertz CT molecular complexity index is 1360. The quantitative estimate of drug-likeness (QED) is 0.530. The molecule has 156 valence electrons. The number of anilines is 1. The molecule has 0 radical (unpaired) electrons. The van der Waals surface area contributed by atoms with Crippen LogP contribution < -0.4 is 10.7 Å². The fourth-order valence-corrected chi connectivity index (χ4v) is 3.23. The van der Waals surface area contributed by atoms with Gasteiger partial charge in [0.1, 0.15) is 0 Å². The summed E-state index contributed by atoms with van der Waals surface area (Å²) in [5, 5.41) is 7.32. The molecule has 2 aromatic heterocycles. The first-order valence-corrected chi connectivity index (χ1v) is 9.18. The van der Waals surface area contributed by atoms with E-state index < -0.39 is 28.8 Å². The standard InChI is InChI=1S/C22H15F3N4O2/c1-13-12-18(30)20(28-29(13)17-10-3-2-8-15(17)22(23,24)25)21(31)27-16-9-4-6-14-7-5-11-26-19(14)16/h2-12H,1H3,(H,27,31). The molecule has 9 heteroatoms. The highest BCUT2D eigenvalue weighted by Gasteiger charge is 2.34. The van der Waals surface area contributed by atoms with Gasteiger partial charge >= 0.3 is 6.18 Å². The van der Waals surface area contributed by atoms with Gasteiger partial charge in [-0.25, -0.2) is 4.68 Å². The molecule has 0 spiro atoms. The predicted octanol–water partition coefficient (Wildman–Crippen LogP) is 4.36. The summed E-state index contributed by atoms with van der Waals surface area (Å²) in [6.45, 7) is 1.44. The fourth-order valence-electron chi connectivity index (χ4n) is 3.23. The van der Waals surface area contributed by atoms with Crippen LogP contribution in [-0.4, -0.2) is 20.7 Å². The average Bonchev–Trinajstić information content (AvgIpc) is 2.73. The molecule has 0 saturated heterocycles. The Kier molecular flexibility index (Phi) is 5.02. The van der Waals surface area contributed by atoms with Gasteiger partial charge in [0.05, 0.1) is 22.5 Å². The van der Waals surface area contributed by atoms with Crippen molar-refractivity contribution in [2.24, 2.45) is 0 Å². The number of amides is 1. The van der Waals surface area contributed by atoms with Gasteiger partial charge in [0, 0.05) is 23.3 Å². The van der Waals surface area contributed by atoms with Crippen LogP contribution in [-0.2, 0) is 6.18 Å². The Morgan fingerprint density at radius 1 is 1.03 bits per heavy atom. The zero-order chi connectivity index (χ0) is 22.2. The minimum Gasteiger partial charge on any atom is -0.319 e. The van der Waals surface area contributed by atoms with Crippen molar-refractivity contribution in [1.29, 1.82) is 0 Å². The number of hydrogen-bond donors (Lipinski definition) is 1. The normalized spacial score (nSPS) is 11.5. The van der Waals surface area contributed by atoms with Crippen LogP contribution in [0.15, 0.2) is 71.7 Å². The van der Waals surface area contributed by atoms with Crippen molar-refractivity contribution in [3.8, 4) is 5.69 Å². The minimum atomic E-state index is -4.63. The van der Waals surface area contributed by atoms with Crippen molar-refractivity contribution >= 4 is 22.5 Å². The highest BCUT2D eigenvalue weighted by molar-refractivity contribution is 6.07. The number of pyridine rings is 1. The van der Waals surface area contributed by atoms with Gasteiger partial charge in [-0.2, -0.15) is 18.3 Å². The summed E-state index contributed by atoms with van der Waals surface area (Å²) in [5.74, 6) is -0.846. The van der Waals surface area contributed by atoms with Crippen LogP contribution in [0, 0.1) is 6.92 Å². The van der Waals surface area contributed by atoms with Crippen LogP contribution in [0.3, 0.4) is 0 Å². The molecule has 31 heavy (non-hydrogen) atoms. The number of aryl methyl sites for hydroxylation is 1. The smallest absolute Gasteiger partial charge is 0.319 e. The molecule has 0 fully saturated rings. The first-order chi connectivity index (χ1) is 14.8. The maximum absolute atomic E-state index is 13.5. The van der Waals surface area contributed by atoms with E-state index in [1.807, 2.05) is 12.1 Å².